The average molecular weight is 195 g/mol. The van der Waals surface area contributed by atoms with E-state index in [1.54, 1.807) is 6.20 Å². The first-order valence-electron chi connectivity index (χ1n) is 4.60. The molecule has 3 nitrogen and oxygen atoms in total. The van der Waals surface area contributed by atoms with Gasteiger partial charge in [0, 0.05) is 6.54 Å². The Balaban J connectivity index is 2.92. The Kier molecular flexibility index (Phi) is 3.03. The molecule has 4 heteroatoms. The second kappa shape index (κ2) is 3.87. The highest BCUT2D eigenvalue weighted by atomic mass is 28.3. The summed E-state index contributed by atoms with van der Waals surface area (Å²) in [6.07, 6.45) is 3.58. The zero-order valence-corrected chi connectivity index (χ0v) is 9.78. The van der Waals surface area contributed by atoms with Gasteiger partial charge in [0.2, 0.25) is 0 Å². The van der Waals surface area contributed by atoms with Gasteiger partial charge in [0.25, 0.3) is 0 Å². The Bertz CT molecular complexity index is 255. The maximum absolute atomic E-state index is 3.90. The van der Waals surface area contributed by atoms with Crippen molar-refractivity contribution in [1.29, 1.82) is 0 Å². The van der Waals surface area contributed by atoms with Crippen LogP contribution in [0.5, 0.6) is 0 Å². The van der Waals surface area contributed by atoms with Crippen LogP contribution >= 0.6 is 0 Å². The highest BCUT2D eigenvalue weighted by Crippen LogP contribution is 2.18. The third-order valence-corrected chi connectivity index (χ3v) is 4.20. The maximum Gasteiger partial charge on any atom is 0.147 e. The molecule has 0 spiro atoms. The number of aromatic nitrogens is 2. The molecular weight excluding hydrogens is 178 g/mol. The van der Waals surface area contributed by atoms with Crippen LogP contribution in [-0.4, -0.2) is 25.0 Å². The summed E-state index contributed by atoms with van der Waals surface area (Å²) < 4.78 is 2.43. The van der Waals surface area contributed by atoms with Crippen molar-refractivity contribution in [2.75, 3.05) is 11.1 Å². The fraction of sp³-hybridized carbons (Fsp3) is 0.556. The molecule has 1 aromatic rings. The first kappa shape index (κ1) is 10.2. The van der Waals surface area contributed by atoms with E-state index < -0.39 is 8.24 Å². The molecule has 0 saturated carbocycles. The lowest BCUT2D eigenvalue weighted by atomic mass is 10.5. The standard InChI is InChI=1S/C9H17N3Si/c1-5-12(13(2,3)4)9-6-7-10-11-8-9/h6-8H,5H2,1-4H3. The molecule has 0 saturated heterocycles. The van der Waals surface area contributed by atoms with Crippen molar-refractivity contribution in [1.82, 2.24) is 10.2 Å². The first-order valence-corrected chi connectivity index (χ1v) is 8.04. The molecule has 0 aliphatic heterocycles. The fourth-order valence-electron chi connectivity index (χ4n) is 1.49. The number of hydrogen-bond donors (Lipinski definition) is 0. The molecule has 1 heterocycles. The smallest absolute Gasteiger partial charge is 0.147 e. The van der Waals surface area contributed by atoms with Crippen LogP contribution in [0.15, 0.2) is 18.5 Å². The molecule has 0 aliphatic rings. The molecular formula is C9H17N3Si. The Morgan fingerprint density at radius 1 is 1.31 bits per heavy atom. The van der Waals surface area contributed by atoms with E-state index in [2.05, 4.69) is 41.3 Å². The topological polar surface area (TPSA) is 29.0 Å². The van der Waals surface area contributed by atoms with Crippen LogP contribution in [0.4, 0.5) is 5.69 Å². The maximum atomic E-state index is 3.90. The zero-order chi connectivity index (χ0) is 9.90. The summed E-state index contributed by atoms with van der Waals surface area (Å²) in [6, 6.07) is 2.02. The minimum Gasteiger partial charge on any atom is -0.397 e. The Hall–Kier alpha value is -0.903. The van der Waals surface area contributed by atoms with Crippen LogP contribution in [0, 0.1) is 0 Å². The lowest BCUT2D eigenvalue weighted by molar-refractivity contribution is 0.988. The third kappa shape index (κ3) is 2.52. The van der Waals surface area contributed by atoms with E-state index >= 15 is 0 Å². The molecule has 0 aromatic carbocycles. The molecule has 13 heavy (non-hydrogen) atoms. The van der Waals surface area contributed by atoms with Crippen LogP contribution < -0.4 is 4.57 Å². The van der Waals surface area contributed by atoms with E-state index in [0.717, 1.165) is 6.54 Å². The summed E-state index contributed by atoms with van der Waals surface area (Å²) in [7, 11) is -1.26. The highest BCUT2D eigenvalue weighted by Gasteiger charge is 2.22. The van der Waals surface area contributed by atoms with Gasteiger partial charge in [-0.2, -0.15) is 10.2 Å². The van der Waals surface area contributed by atoms with Gasteiger partial charge < -0.3 is 4.57 Å². The summed E-state index contributed by atoms with van der Waals surface area (Å²) in [6.45, 7) is 10.2. The SMILES string of the molecule is CCN(c1ccnnc1)[Si](C)(C)C. The normalized spacial score (nSPS) is 11.4. The molecule has 1 rings (SSSR count). The van der Waals surface area contributed by atoms with Crippen molar-refractivity contribution in [3.05, 3.63) is 18.5 Å². The number of nitrogens with zero attached hydrogens (tertiary/aromatic N) is 3. The van der Waals surface area contributed by atoms with Gasteiger partial charge in [-0.1, -0.05) is 19.6 Å². The molecule has 0 amide bonds. The van der Waals surface area contributed by atoms with Crippen LogP contribution in [0.3, 0.4) is 0 Å². The van der Waals surface area contributed by atoms with E-state index in [4.69, 9.17) is 0 Å². The lowest BCUT2D eigenvalue weighted by Gasteiger charge is -2.34. The number of hydrogen-bond acceptors (Lipinski definition) is 3. The highest BCUT2D eigenvalue weighted by molar-refractivity contribution is 6.79. The van der Waals surface area contributed by atoms with Gasteiger partial charge in [-0.25, -0.2) is 0 Å². The third-order valence-electron chi connectivity index (χ3n) is 2.01. The molecule has 0 fully saturated rings. The minimum absolute atomic E-state index is 1.04. The van der Waals surface area contributed by atoms with Gasteiger partial charge in [0.05, 0.1) is 18.1 Å². The van der Waals surface area contributed by atoms with Crippen LogP contribution in [0.2, 0.25) is 19.6 Å². The summed E-state index contributed by atoms with van der Waals surface area (Å²) in [5.74, 6) is 0. The average Bonchev–Trinajstić information content (AvgIpc) is 2.05. The molecule has 0 aliphatic carbocycles. The molecule has 0 unspecified atom stereocenters. The van der Waals surface area contributed by atoms with Crippen molar-refractivity contribution in [2.45, 2.75) is 26.6 Å². The monoisotopic (exact) mass is 195 g/mol. The van der Waals surface area contributed by atoms with Gasteiger partial charge in [-0.3, -0.25) is 0 Å². The van der Waals surface area contributed by atoms with Gasteiger partial charge in [-0.15, -0.1) is 0 Å². The molecule has 0 N–H and O–H groups in total. The quantitative estimate of drug-likeness (QED) is 0.692. The van der Waals surface area contributed by atoms with Gasteiger partial charge >= 0.3 is 0 Å². The van der Waals surface area contributed by atoms with Crippen LogP contribution in [0.25, 0.3) is 0 Å². The first-order chi connectivity index (χ1) is 6.05. The van der Waals surface area contributed by atoms with Gasteiger partial charge in [0.15, 0.2) is 0 Å². The summed E-state index contributed by atoms with van der Waals surface area (Å²) in [5, 5.41) is 7.68. The number of anilines is 1. The van der Waals surface area contributed by atoms with Crippen molar-refractivity contribution < 1.29 is 0 Å². The second-order valence-electron chi connectivity index (χ2n) is 4.02. The van der Waals surface area contributed by atoms with Crippen LogP contribution in [0.1, 0.15) is 6.92 Å². The Morgan fingerprint density at radius 2 is 2.00 bits per heavy atom. The minimum atomic E-state index is -1.26. The van der Waals surface area contributed by atoms with E-state index in [-0.39, 0.29) is 0 Å². The van der Waals surface area contributed by atoms with E-state index in [1.165, 1.54) is 5.69 Å². The molecule has 1 aromatic heterocycles. The predicted octanol–water partition coefficient (Wildman–Crippen LogP) is 2.14. The van der Waals surface area contributed by atoms with Gasteiger partial charge in [0.1, 0.15) is 8.24 Å². The molecule has 0 radical (unpaired) electrons. The second-order valence-corrected chi connectivity index (χ2v) is 8.90. The Labute approximate surface area is 80.9 Å². The largest absolute Gasteiger partial charge is 0.397 e. The fourth-order valence-corrected chi connectivity index (χ4v) is 3.34. The van der Waals surface area contributed by atoms with E-state index in [1.807, 2.05) is 12.3 Å². The zero-order valence-electron chi connectivity index (χ0n) is 8.78. The van der Waals surface area contributed by atoms with Crippen molar-refractivity contribution in [2.24, 2.45) is 0 Å². The summed E-state index contributed by atoms with van der Waals surface area (Å²) in [4.78, 5) is 0. The molecule has 0 atom stereocenters. The van der Waals surface area contributed by atoms with E-state index in [9.17, 15) is 0 Å². The predicted molar refractivity (Wildman–Crippen MR) is 58.4 cm³/mol. The molecule has 0 bridgehead atoms. The lowest BCUT2D eigenvalue weighted by Crippen LogP contribution is -2.46. The molecule has 72 valence electrons. The Morgan fingerprint density at radius 3 is 2.38 bits per heavy atom. The van der Waals surface area contributed by atoms with E-state index in [0.29, 0.717) is 0 Å². The summed E-state index contributed by atoms with van der Waals surface area (Å²) >= 11 is 0. The van der Waals surface area contributed by atoms with Crippen molar-refractivity contribution in [3.8, 4) is 0 Å². The van der Waals surface area contributed by atoms with Crippen molar-refractivity contribution in [3.63, 3.8) is 0 Å². The number of rotatable bonds is 3. The summed E-state index contributed by atoms with van der Waals surface area (Å²) in [5.41, 5.74) is 1.19. The van der Waals surface area contributed by atoms with Gasteiger partial charge in [-0.05, 0) is 13.0 Å². The van der Waals surface area contributed by atoms with Crippen molar-refractivity contribution >= 4 is 13.9 Å². The van der Waals surface area contributed by atoms with Crippen LogP contribution in [-0.2, 0) is 0 Å².